The molecule has 2 rings (SSSR count). The smallest absolute Gasteiger partial charge is 0.131 e. The van der Waals surface area contributed by atoms with Crippen molar-refractivity contribution in [3.63, 3.8) is 0 Å². The highest BCUT2D eigenvalue weighted by atomic mass is 19.1. The molecule has 2 N–H and O–H groups in total. The number of hydrogen-bond donors (Lipinski definition) is 1. The van der Waals surface area contributed by atoms with Crippen LogP contribution >= 0.6 is 0 Å². The van der Waals surface area contributed by atoms with Crippen molar-refractivity contribution in [3.05, 3.63) is 48.0 Å². The van der Waals surface area contributed by atoms with Gasteiger partial charge in [0.25, 0.3) is 0 Å². The lowest BCUT2D eigenvalue weighted by atomic mass is 10.1. The number of alkyl halides is 1. The molecule has 0 spiro atoms. The molecular weight excluding hydrogens is 205 g/mol. The number of rotatable bonds is 3. The molecule has 3 nitrogen and oxygen atoms in total. The predicted molar refractivity (Wildman–Crippen MR) is 60.2 cm³/mol. The first-order chi connectivity index (χ1) is 7.83. The third-order valence-electron chi connectivity index (χ3n) is 2.32. The van der Waals surface area contributed by atoms with Gasteiger partial charge >= 0.3 is 0 Å². The lowest BCUT2D eigenvalue weighted by Gasteiger charge is -2.03. The zero-order valence-corrected chi connectivity index (χ0v) is 8.73. The van der Waals surface area contributed by atoms with Gasteiger partial charge in [-0.15, -0.1) is 0 Å². The summed E-state index contributed by atoms with van der Waals surface area (Å²) >= 11 is 0. The summed E-state index contributed by atoms with van der Waals surface area (Å²) in [6, 6.07) is 7.31. The third kappa shape index (κ3) is 2.23. The van der Waals surface area contributed by atoms with Crippen LogP contribution in [0.1, 0.15) is 11.4 Å². The SMILES string of the molecule is NCc1cc(-c2ccc(CF)nc2)ccn1. The first kappa shape index (κ1) is 10.7. The summed E-state index contributed by atoms with van der Waals surface area (Å²) in [6.07, 6.45) is 3.37. The number of hydrogen-bond acceptors (Lipinski definition) is 3. The van der Waals surface area contributed by atoms with E-state index in [1.165, 1.54) is 0 Å². The van der Waals surface area contributed by atoms with Crippen molar-refractivity contribution < 1.29 is 4.39 Å². The zero-order valence-electron chi connectivity index (χ0n) is 8.73. The van der Waals surface area contributed by atoms with Crippen LogP contribution in [0.25, 0.3) is 11.1 Å². The highest BCUT2D eigenvalue weighted by Gasteiger charge is 2.00. The molecule has 0 amide bonds. The maximum Gasteiger partial charge on any atom is 0.131 e. The van der Waals surface area contributed by atoms with Gasteiger partial charge in [-0.3, -0.25) is 9.97 Å². The van der Waals surface area contributed by atoms with E-state index in [1.54, 1.807) is 18.5 Å². The summed E-state index contributed by atoms with van der Waals surface area (Å²) in [5, 5.41) is 0. The largest absolute Gasteiger partial charge is 0.325 e. The van der Waals surface area contributed by atoms with Gasteiger partial charge in [0.05, 0.1) is 11.4 Å². The second-order valence-corrected chi connectivity index (χ2v) is 3.41. The van der Waals surface area contributed by atoms with E-state index in [2.05, 4.69) is 9.97 Å². The number of nitrogens with two attached hydrogens (primary N) is 1. The summed E-state index contributed by atoms with van der Waals surface area (Å²) < 4.78 is 12.3. The van der Waals surface area contributed by atoms with E-state index in [9.17, 15) is 4.39 Å². The van der Waals surface area contributed by atoms with E-state index in [1.807, 2.05) is 18.2 Å². The van der Waals surface area contributed by atoms with E-state index >= 15 is 0 Å². The van der Waals surface area contributed by atoms with Gasteiger partial charge < -0.3 is 5.73 Å². The summed E-state index contributed by atoms with van der Waals surface area (Å²) in [5.74, 6) is 0. The van der Waals surface area contributed by atoms with Gasteiger partial charge in [-0.1, -0.05) is 6.07 Å². The van der Waals surface area contributed by atoms with Crippen LogP contribution in [0, 0.1) is 0 Å². The second-order valence-electron chi connectivity index (χ2n) is 3.41. The first-order valence-corrected chi connectivity index (χ1v) is 4.99. The molecule has 2 aromatic heterocycles. The van der Waals surface area contributed by atoms with Gasteiger partial charge in [-0.25, -0.2) is 4.39 Å². The molecule has 2 aromatic rings. The summed E-state index contributed by atoms with van der Waals surface area (Å²) in [4.78, 5) is 8.11. The minimum absolute atomic E-state index is 0.407. The number of halogens is 1. The molecular formula is C12H12FN3. The zero-order chi connectivity index (χ0) is 11.4. The van der Waals surface area contributed by atoms with E-state index in [-0.39, 0.29) is 0 Å². The molecule has 0 aliphatic rings. The van der Waals surface area contributed by atoms with Crippen molar-refractivity contribution in [1.82, 2.24) is 9.97 Å². The van der Waals surface area contributed by atoms with Gasteiger partial charge in [0.2, 0.25) is 0 Å². The van der Waals surface area contributed by atoms with E-state index < -0.39 is 6.67 Å². The topological polar surface area (TPSA) is 51.8 Å². The Morgan fingerprint density at radius 2 is 1.94 bits per heavy atom. The summed E-state index contributed by atoms with van der Waals surface area (Å²) in [7, 11) is 0. The molecule has 82 valence electrons. The normalized spacial score (nSPS) is 10.4. The predicted octanol–water partition coefficient (Wildman–Crippen LogP) is 2.07. The monoisotopic (exact) mass is 217 g/mol. The molecule has 0 aliphatic heterocycles. The van der Waals surface area contributed by atoms with Crippen LogP contribution in [0.3, 0.4) is 0 Å². The lowest BCUT2D eigenvalue weighted by Crippen LogP contribution is -1.99. The minimum atomic E-state index is -0.537. The van der Waals surface area contributed by atoms with Crippen molar-refractivity contribution in [2.75, 3.05) is 0 Å². The Hall–Kier alpha value is -1.81. The molecule has 0 fully saturated rings. The van der Waals surface area contributed by atoms with E-state index in [0.29, 0.717) is 12.2 Å². The summed E-state index contributed by atoms with van der Waals surface area (Å²) in [5.41, 5.74) is 8.72. The lowest BCUT2D eigenvalue weighted by molar-refractivity contribution is 0.476. The Balaban J connectivity index is 2.34. The quantitative estimate of drug-likeness (QED) is 0.856. The molecule has 16 heavy (non-hydrogen) atoms. The number of pyridine rings is 2. The Bertz CT molecular complexity index is 468. The van der Waals surface area contributed by atoms with Crippen molar-refractivity contribution in [2.45, 2.75) is 13.2 Å². The van der Waals surface area contributed by atoms with Crippen molar-refractivity contribution in [2.24, 2.45) is 5.73 Å². The van der Waals surface area contributed by atoms with Gasteiger partial charge in [-0.05, 0) is 23.8 Å². The Morgan fingerprint density at radius 1 is 1.06 bits per heavy atom. The molecule has 0 atom stereocenters. The first-order valence-electron chi connectivity index (χ1n) is 4.99. The van der Waals surface area contributed by atoms with Crippen LogP contribution in [0.2, 0.25) is 0 Å². The highest BCUT2D eigenvalue weighted by molar-refractivity contribution is 5.62. The second kappa shape index (κ2) is 4.81. The maximum atomic E-state index is 12.3. The molecule has 0 saturated heterocycles. The van der Waals surface area contributed by atoms with Gasteiger partial charge in [-0.2, -0.15) is 0 Å². The minimum Gasteiger partial charge on any atom is -0.325 e. The Labute approximate surface area is 93.2 Å². The van der Waals surface area contributed by atoms with Crippen molar-refractivity contribution in [3.8, 4) is 11.1 Å². The molecule has 0 aromatic carbocycles. The van der Waals surface area contributed by atoms with Crippen LogP contribution in [0.5, 0.6) is 0 Å². The Morgan fingerprint density at radius 3 is 2.56 bits per heavy atom. The van der Waals surface area contributed by atoms with Crippen molar-refractivity contribution in [1.29, 1.82) is 0 Å². The third-order valence-corrected chi connectivity index (χ3v) is 2.32. The molecule has 0 saturated carbocycles. The molecule has 0 unspecified atom stereocenters. The van der Waals surface area contributed by atoms with E-state index in [0.717, 1.165) is 16.8 Å². The molecule has 4 heteroatoms. The van der Waals surface area contributed by atoms with Crippen LogP contribution in [-0.4, -0.2) is 9.97 Å². The van der Waals surface area contributed by atoms with Gasteiger partial charge in [0.15, 0.2) is 0 Å². The fourth-order valence-corrected chi connectivity index (χ4v) is 1.44. The van der Waals surface area contributed by atoms with Crippen LogP contribution in [0.15, 0.2) is 36.7 Å². The number of nitrogens with zero attached hydrogens (tertiary/aromatic N) is 2. The van der Waals surface area contributed by atoms with Crippen LogP contribution in [0.4, 0.5) is 4.39 Å². The average molecular weight is 217 g/mol. The molecule has 0 aliphatic carbocycles. The standard InChI is InChI=1S/C12H12FN3/c13-6-11-2-1-10(8-16-11)9-3-4-15-12(5-9)7-14/h1-5,8H,6-7,14H2. The number of aromatic nitrogens is 2. The highest BCUT2D eigenvalue weighted by Crippen LogP contribution is 2.18. The average Bonchev–Trinajstić information content (AvgIpc) is 2.39. The molecule has 0 bridgehead atoms. The molecule has 0 radical (unpaired) electrons. The van der Waals surface area contributed by atoms with Crippen LogP contribution < -0.4 is 5.73 Å². The Kier molecular flexibility index (Phi) is 3.22. The fraction of sp³-hybridized carbons (Fsp3) is 0.167. The van der Waals surface area contributed by atoms with Crippen molar-refractivity contribution >= 4 is 0 Å². The van der Waals surface area contributed by atoms with Gasteiger partial charge in [0.1, 0.15) is 6.67 Å². The maximum absolute atomic E-state index is 12.3. The van der Waals surface area contributed by atoms with E-state index in [4.69, 9.17) is 5.73 Å². The fourth-order valence-electron chi connectivity index (χ4n) is 1.44. The van der Waals surface area contributed by atoms with Gasteiger partial charge in [0, 0.05) is 24.5 Å². The summed E-state index contributed by atoms with van der Waals surface area (Å²) in [6.45, 7) is -0.130. The van der Waals surface area contributed by atoms with Crippen LogP contribution in [-0.2, 0) is 13.2 Å². The molecule has 2 heterocycles.